The second kappa shape index (κ2) is 12.6. The van der Waals surface area contributed by atoms with Gasteiger partial charge in [0, 0.05) is 28.4 Å². The molecule has 4 unspecified atom stereocenters. The highest BCUT2D eigenvalue weighted by molar-refractivity contribution is 5.90. The summed E-state index contributed by atoms with van der Waals surface area (Å²) in [6, 6.07) is 42.8. The van der Waals surface area contributed by atoms with E-state index < -0.39 is 0 Å². The number of rotatable bonds is 5. The van der Waals surface area contributed by atoms with Crippen molar-refractivity contribution in [3.63, 3.8) is 0 Å². The Kier molecular flexibility index (Phi) is 7.72. The molecule has 0 bridgehead atoms. The fourth-order valence-electron chi connectivity index (χ4n) is 10.1. The molecule has 10 rings (SSSR count). The average Bonchev–Trinajstić information content (AvgIpc) is 3.60. The largest absolute Gasteiger partial charge is 0.369 e. The van der Waals surface area contributed by atoms with Crippen LogP contribution in [0.2, 0.25) is 0 Å². The van der Waals surface area contributed by atoms with Crippen molar-refractivity contribution in [1.29, 1.82) is 0 Å². The molecule has 0 spiro atoms. The van der Waals surface area contributed by atoms with Gasteiger partial charge in [0.2, 0.25) is 0 Å². The lowest BCUT2D eigenvalue weighted by Crippen LogP contribution is -2.46. The Hall–Kier alpha value is -5.44. The van der Waals surface area contributed by atoms with E-state index in [9.17, 15) is 0 Å². The molecule has 5 aliphatic rings. The molecule has 2 N–H and O–H groups in total. The number of hydrogen-bond donors (Lipinski definition) is 2. The summed E-state index contributed by atoms with van der Waals surface area (Å²) in [5, 5.41) is 7.84. The third kappa shape index (κ3) is 5.26. The van der Waals surface area contributed by atoms with Crippen LogP contribution in [-0.2, 0) is 10.8 Å². The Morgan fingerprint density at radius 2 is 1.24 bits per heavy atom. The van der Waals surface area contributed by atoms with E-state index in [1.54, 1.807) is 0 Å². The molecule has 0 saturated heterocycles. The Morgan fingerprint density at radius 1 is 0.574 bits per heavy atom. The standard InChI is InChI=1S/C52H48N2/c1-51(2)44-21-12-11-18-40(44)42-30-46-43(31-45(42)51)41-20-13-19-39(49(41)52(46,3)4)35-24-28-37(29-25-35)48-32-47(53-50(54-48)38-16-9-6-10-17-38)36-26-22-34(23-27-36)33-14-7-5-8-15-33/h5-24,26,28-32,35-36,48,50,53-54H,25,27H2,1-4H3. The van der Waals surface area contributed by atoms with Gasteiger partial charge < -0.3 is 5.32 Å². The Balaban J connectivity index is 0.946. The quantitative estimate of drug-likeness (QED) is 0.191. The summed E-state index contributed by atoms with van der Waals surface area (Å²) in [5.74, 6) is 0.643. The minimum absolute atomic E-state index is 0.00958. The first-order valence-electron chi connectivity index (χ1n) is 19.8. The van der Waals surface area contributed by atoms with Crippen LogP contribution in [0.3, 0.4) is 0 Å². The zero-order chi connectivity index (χ0) is 36.6. The molecule has 0 aromatic heterocycles. The van der Waals surface area contributed by atoms with Crippen LogP contribution in [0.25, 0.3) is 27.8 Å². The number of hydrogen-bond acceptors (Lipinski definition) is 2. The first-order valence-corrected chi connectivity index (χ1v) is 19.8. The maximum absolute atomic E-state index is 3.95. The molecule has 1 heterocycles. The van der Waals surface area contributed by atoms with Gasteiger partial charge in [0.1, 0.15) is 6.17 Å². The van der Waals surface area contributed by atoms with E-state index in [0.29, 0.717) is 11.8 Å². The molecule has 4 atom stereocenters. The smallest absolute Gasteiger partial charge is 0.104 e. The van der Waals surface area contributed by atoms with Crippen molar-refractivity contribution in [3.05, 3.63) is 208 Å². The van der Waals surface area contributed by atoms with Crippen molar-refractivity contribution in [1.82, 2.24) is 10.6 Å². The molecule has 0 radical (unpaired) electrons. The number of allylic oxidation sites excluding steroid dienone is 6. The molecule has 2 heteroatoms. The van der Waals surface area contributed by atoms with E-state index in [1.807, 2.05) is 0 Å². The fraction of sp³-hybridized carbons (Fsp3) is 0.231. The summed E-state index contributed by atoms with van der Waals surface area (Å²) in [6.45, 7) is 9.67. The molecular weight excluding hydrogens is 653 g/mol. The van der Waals surface area contributed by atoms with Gasteiger partial charge in [-0.05, 0) is 103 Å². The van der Waals surface area contributed by atoms with Crippen LogP contribution >= 0.6 is 0 Å². The van der Waals surface area contributed by atoms with Crippen molar-refractivity contribution in [2.45, 2.75) is 69.5 Å². The maximum Gasteiger partial charge on any atom is 0.104 e. The van der Waals surface area contributed by atoms with E-state index in [0.717, 1.165) is 12.8 Å². The highest BCUT2D eigenvalue weighted by atomic mass is 15.2. The topological polar surface area (TPSA) is 24.1 Å². The minimum Gasteiger partial charge on any atom is -0.369 e. The summed E-state index contributed by atoms with van der Waals surface area (Å²) >= 11 is 0. The van der Waals surface area contributed by atoms with Crippen LogP contribution in [0.15, 0.2) is 169 Å². The van der Waals surface area contributed by atoms with Gasteiger partial charge in [-0.15, -0.1) is 0 Å². The molecule has 54 heavy (non-hydrogen) atoms. The van der Waals surface area contributed by atoms with Gasteiger partial charge in [0.05, 0.1) is 6.04 Å². The van der Waals surface area contributed by atoms with Crippen LogP contribution in [0.1, 0.15) is 91.6 Å². The zero-order valence-electron chi connectivity index (χ0n) is 31.7. The van der Waals surface area contributed by atoms with Gasteiger partial charge in [-0.3, -0.25) is 5.32 Å². The SMILES string of the molecule is CC1(C)c2ccccc2-c2cc3c(cc21)-c1cccc(C2C=CC(C4C=C(C5C=CC(c6ccccc6)=CC5)NC(c5ccccc5)N4)=CC2)c1C3(C)C. The predicted molar refractivity (Wildman–Crippen MR) is 225 cm³/mol. The van der Waals surface area contributed by atoms with Crippen LogP contribution in [0, 0.1) is 5.92 Å². The summed E-state index contributed by atoms with van der Waals surface area (Å²) in [6.07, 6.45) is 18.9. The number of nitrogens with one attached hydrogen (secondary N) is 2. The molecular formula is C52H48N2. The lowest BCUT2D eigenvalue weighted by molar-refractivity contribution is 0.412. The van der Waals surface area contributed by atoms with Crippen molar-refractivity contribution >= 4 is 5.57 Å². The van der Waals surface area contributed by atoms with Gasteiger partial charge in [-0.25, -0.2) is 0 Å². The van der Waals surface area contributed by atoms with E-state index in [4.69, 9.17) is 0 Å². The minimum atomic E-state index is -0.0880. The average molecular weight is 701 g/mol. The maximum atomic E-state index is 3.95. The van der Waals surface area contributed by atoms with Crippen LogP contribution in [0.4, 0.5) is 0 Å². The van der Waals surface area contributed by atoms with Gasteiger partial charge in [-0.2, -0.15) is 0 Å². The number of fused-ring (bicyclic) bond motifs is 6. The highest BCUT2D eigenvalue weighted by Crippen LogP contribution is 2.57. The monoisotopic (exact) mass is 700 g/mol. The van der Waals surface area contributed by atoms with Gasteiger partial charge >= 0.3 is 0 Å². The predicted octanol–water partition coefficient (Wildman–Crippen LogP) is 12.1. The fourth-order valence-corrected chi connectivity index (χ4v) is 10.1. The normalized spacial score (nSPS) is 24.0. The van der Waals surface area contributed by atoms with Gasteiger partial charge in [0.25, 0.3) is 0 Å². The second-order valence-corrected chi connectivity index (χ2v) is 16.9. The summed E-state index contributed by atoms with van der Waals surface area (Å²) in [5.41, 5.74) is 19.3. The molecule has 4 aliphatic carbocycles. The summed E-state index contributed by atoms with van der Waals surface area (Å²) in [7, 11) is 0. The molecule has 0 fully saturated rings. The van der Waals surface area contributed by atoms with E-state index in [1.165, 1.54) is 78.0 Å². The van der Waals surface area contributed by atoms with Crippen LogP contribution < -0.4 is 10.6 Å². The van der Waals surface area contributed by atoms with Crippen molar-refractivity contribution in [2.24, 2.45) is 5.92 Å². The Labute approximate surface area is 320 Å². The third-order valence-electron chi connectivity index (χ3n) is 13.0. The van der Waals surface area contributed by atoms with Crippen LogP contribution in [-0.4, -0.2) is 6.04 Å². The summed E-state index contributed by atoms with van der Waals surface area (Å²) in [4.78, 5) is 0. The molecule has 5 aromatic carbocycles. The molecule has 266 valence electrons. The lowest BCUT2D eigenvalue weighted by atomic mass is 9.75. The Bertz CT molecular complexity index is 2450. The number of benzene rings is 5. The van der Waals surface area contributed by atoms with Crippen LogP contribution in [0.5, 0.6) is 0 Å². The van der Waals surface area contributed by atoms with Gasteiger partial charge in [-0.1, -0.05) is 167 Å². The van der Waals surface area contributed by atoms with Crippen molar-refractivity contribution in [3.8, 4) is 22.3 Å². The highest BCUT2D eigenvalue weighted by Gasteiger charge is 2.43. The first-order chi connectivity index (χ1) is 26.3. The van der Waals surface area contributed by atoms with Gasteiger partial charge in [0.15, 0.2) is 0 Å². The first kappa shape index (κ1) is 33.2. The second-order valence-electron chi connectivity index (χ2n) is 16.9. The molecule has 2 nitrogen and oxygen atoms in total. The van der Waals surface area contributed by atoms with Crippen molar-refractivity contribution in [2.75, 3.05) is 0 Å². The molecule has 0 saturated carbocycles. The zero-order valence-corrected chi connectivity index (χ0v) is 31.7. The third-order valence-corrected chi connectivity index (χ3v) is 13.0. The lowest BCUT2D eigenvalue weighted by Gasteiger charge is -2.36. The summed E-state index contributed by atoms with van der Waals surface area (Å²) < 4.78 is 0. The Morgan fingerprint density at radius 3 is 1.98 bits per heavy atom. The van der Waals surface area contributed by atoms with E-state index >= 15 is 0 Å². The van der Waals surface area contributed by atoms with Crippen molar-refractivity contribution < 1.29 is 0 Å². The molecule has 0 amide bonds. The van der Waals surface area contributed by atoms with E-state index in [2.05, 4.69) is 196 Å². The molecule has 1 aliphatic heterocycles. The van der Waals surface area contributed by atoms with E-state index in [-0.39, 0.29) is 23.0 Å². The molecule has 5 aromatic rings.